The van der Waals surface area contributed by atoms with Crippen molar-refractivity contribution in [2.45, 2.75) is 107 Å². The number of aliphatic hydroxyl groups excluding tert-OH is 1. The van der Waals surface area contributed by atoms with Crippen molar-refractivity contribution in [2.75, 3.05) is 37.7 Å². The lowest BCUT2D eigenvalue weighted by Crippen LogP contribution is -2.23. The summed E-state index contributed by atoms with van der Waals surface area (Å²) in [5, 5.41) is 28.8. The number of pyridine rings is 4. The van der Waals surface area contributed by atoms with E-state index < -0.39 is 13.1 Å². The Labute approximate surface area is 478 Å². The number of aryl methyl sites for hydroxylation is 2. The summed E-state index contributed by atoms with van der Waals surface area (Å²) < 4.78 is 77.6. The van der Waals surface area contributed by atoms with Crippen LogP contribution in [0.4, 0.5) is 28.9 Å². The van der Waals surface area contributed by atoms with E-state index in [2.05, 4.69) is 76.3 Å². The molecule has 0 saturated carbocycles. The van der Waals surface area contributed by atoms with Crippen LogP contribution < -0.4 is 29.2 Å². The molecule has 10 rings (SSSR count). The molecule has 0 saturated heterocycles. The molecule has 2 aromatic carbocycles. The van der Waals surface area contributed by atoms with E-state index in [1.807, 2.05) is 104 Å². The number of rotatable bonds is 21. The lowest BCUT2D eigenvalue weighted by Gasteiger charge is -2.27. The van der Waals surface area contributed by atoms with E-state index >= 15 is 0 Å². The summed E-state index contributed by atoms with van der Waals surface area (Å²) in [5.74, 6) is 2.66. The fourth-order valence-electron chi connectivity index (χ4n) is 9.09. The zero-order valence-corrected chi connectivity index (χ0v) is 48.0. The third-order valence-corrected chi connectivity index (χ3v) is 13.0. The van der Waals surface area contributed by atoms with Crippen LogP contribution in [0.2, 0.25) is 0 Å². The minimum absolute atomic E-state index is 0.0550. The molecular weight excluding hydrogens is 1070 g/mol. The van der Waals surface area contributed by atoms with Gasteiger partial charge in [-0.15, -0.1) is 0 Å². The summed E-state index contributed by atoms with van der Waals surface area (Å²) in [7, 11) is 3.30. The Balaban J connectivity index is 0.000000189. The number of alkyl halides is 4. The van der Waals surface area contributed by atoms with E-state index in [1.165, 1.54) is 18.6 Å². The number of anilines is 2. The number of nitrogens with one attached hydrogen (secondary N) is 1. The van der Waals surface area contributed by atoms with E-state index in [1.54, 1.807) is 26.6 Å². The smallest absolute Gasteiger partial charge is 0.333 e. The molecule has 0 spiro atoms. The van der Waals surface area contributed by atoms with E-state index in [4.69, 9.17) is 44.2 Å². The standard InChI is InChI=1S/C30H33F2N7O2.C25H29N5O2.C5H6F2N2O/c1-6-41-29-24(8-7-13-33-29)25-14-26(28-27(35-25)20(4)36-39(28)19(2)3)37(16-21-9-11-23(40-5)12-10-21)17-22-15-34-38(18-22)30(31)32;1-6-32-25-20(8-7-13-26-25)21-14-22(27-15-18-9-11-19(31-5)12-10-18)24-23(28-21)17(4)29-30(24)16(2)3;6-5(7)9-2-4(3-10)1-8-9/h7-15,18-19,30H,6,16-17H2,1-5H3;7-14,16H,6,15H2,1-5H3,(H,27,28);1-2,5,10H,3H2. The summed E-state index contributed by atoms with van der Waals surface area (Å²) in [5.41, 5.74) is 13.3. The molecule has 0 aliphatic heterocycles. The molecule has 0 fully saturated rings. The number of methoxy groups -OCH3 is 2. The Morgan fingerprint density at radius 3 is 1.54 bits per heavy atom. The second kappa shape index (κ2) is 27.6. The lowest BCUT2D eigenvalue weighted by atomic mass is 10.1. The summed E-state index contributed by atoms with van der Waals surface area (Å²) in [6.45, 7) is 13.1. The maximum absolute atomic E-state index is 13.4. The Hall–Kier alpha value is -9.12. The van der Waals surface area contributed by atoms with Crippen molar-refractivity contribution in [2.24, 2.45) is 0 Å². The number of hydrogen-bond donors (Lipinski definition) is 2. The van der Waals surface area contributed by atoms with E-state index in [-0.39, 0.29) is 18.7 Å². The minimum Gasteiger partial charge on any atom is -0.497 e. The third-order valence-electron chi connectivity index (χ3n) is 13.0. The number of fused-ring (bicyclic) bond motifs is 2. The molecule has 23 heteroatoms. The molecule has 2 N–H and O–H groups in total. The van der Waals surface area contributed by atoms with Gasteiger partial charge in [-0.3, -0.25) is 9.36 Å². The predicted molar refractivity (Wildman–Crippen MR) is 310 cm³/mol. The van der Waals surface area contributed by atoms with Crippen LogP contribution >= 0.6 is 0 Å². The highest BCUT2D eigenvalue weighted by atomic mass is 19.3. The van der Waals surface area contributed by atoms with Crippen molar-refractivity contribution in [3.63, 3.8) is 0 Å². The van der Waals surface area contributed by atoms with Gasteiger partial charge in [-0.1, -0.05) is 24.3 Å². The first kappa shape index (κ1) is 60.0. The zero-order chi connectivity index (χ0) is 59.3. The van der Waals surface area contributed by atoms with Gasteiger partial charge >= 0.3 is 13.1 Å². The van der Waals surface area contributed by atoms with Crippen LogP contribution in [0.3, 0.4) is 0 Å². The van der Waals surface area contributed by atoms with Gasteiger partial charge in [0, 0.05) is 67.6 Å². The third kappa shape index (κ3) is 14.3. The van der Waals surface area contributed by atoms with Crippen LogP contribution in [-0.2, 0) is 26.2 Å². The normalized spacial score (nSPS) is 11.3. The van der Waals surface area contributed by atoms with Crippen molar-refractivity contribution in [3.05, 3.63) is 156 Å². The number of ether oxygens (including phenoxy) is 4. The molecule has 0 aliphatic rings. The Kier molecular flexibility index (Phi) is 19.9. The van der Waals surface area contributed by atoms with Gasteiger partial charge in [0.1, 0.15) is 33.6 Å². The second-order valence-corrected chi connectivity index (χ2v) is 19.6. The highest BCUT2D eigenvalue weighted by molar-refractivity contribution is 5.94. The van der Waals surface area contributed by atoms with Gasteiger partial charge in [-0.05, 0) is 127 Å². The number of aliphatic hydroxyl groups is 1. The number of nitrogens with zero attached hydrogens (tertiary/aromatic N) is 13. The monoisotopic (exact) mass is 1140 g/mol. The molecule has 10 aromatic rings. The fraction of sp³-hybridized carbons (Fsp3) is 0.333. The highest BCUT2D eigenvalue weighted by Gasteiger charge is 2.25. The number of aromatic nitrogens is 12. The van der Waals surface area contributed by atoms with Gasteiger partial charge in [-0.25, -0.2) is 29.3 Å². The number of hydrogen-bond acceptors (Lipinski definition) is 15. The SMILES string of the molecule is CCOc1ncccc1-c1cc(N(Cc2ccc(OC)cc2)Cc2cnn(C(F)F)c2)c2c(n1)c(C)nn2C(C)C.CCOc1ncccc1-c1cc(NCc2ccc(OC)cc2)c2c(n1)c(C)nn2C(C)C.OCc1cnn(C(F)F)c1. The fourth-order valence-corrected chi connectivity index (χ4v) is 9.09. The van der Waals surface area contributed by atoms with Crippen LogP contribution in [0, 0.1) is 13.8 Å². The molecular formula is C60H68F4N14O5. The average Bonchev–Trinajstić information content (AvgIpc) is 3.02. The maximum atomic E-state index is 13.4. The van der Waals surface area contributed by atoms with E-state index in [0.29, 0.717) is 70.8 Å². The van der Waals surface area contributed by atoms with E-state index in [9.17, 15) is 17.6 Å². The Morgan fingerprint density at radius 2 is 1.07 bits per heavy atom. The van der Waals surface area contributed by atoms with Crippen LogP contribution in [0.1, 0.15) is 100 Å². The molecule has 0 unspecified atom stereocenters. The van der Waals surface area contributed by atoms with Crippen molar-refractivity contribution >= 4 is 33.4 Å². The molecule has 436 valence electrons. The first-order valence-corrected chi connectivity index (χ1v) is 27.0. The zero-order valence-electron chi connectivity index (χ0n) is 48.0. The van der Waals surface area contributed by atoms with Crippen molar-refractivity contribution in [1.29, 1.82) is 0 Å². The van der Waals surface area contributed by atoms with Crippen LogP contribution in [0.25, 0.3) is 44.6 Å². The van der Waals surface area contributed by atoms with Gasteiger partial charge in [0.2, 0.25) is 11.8 Å². The quantitative estimate of drug-likeness (QED) is 0.0644. The molecule has 0 atom stereocenters. The summed E-state index contributed by atoms with van der Waals surface area (Å²) in [6.07, 6.45) is 8.58. The average molecular weight is 1140 g/mol. The largest absolute Gasteiger partial charge is 0.497 e. The van der Waals surface area contributed by atoms with E-state index in [0.717, 1.165) is 90.5 Å². The van der Waals surface area contributed by atoms with Crippen LogP contribution in [0.5, 0.6) is 23.3 Å². The van der Waals surface area contributed by atoms with Crippen LogP contribution in [0.15, 0.2) is 122 Å². The molecule has 83 heavy (non-hydrogen) atoms. The first-order chi connectivity index (χ1) is 40.0. The van der Waals surface area contributed by atoms with Gasteiger partial charge < -0.3 is 34.3 Å². The van der Waals surface area contributed by atoms with Crippen molar-refractivity contribution < 1.29 is 41.6 Å². The summed E-state index contributed by atoms with van der Waals surface area (Å²) in [4.78, 5) is 21.0. The number of benzene rings is 2. The lowest BCUT2D eigenvalue weighted by molar-refractivity contribution is 0.0560. The molecule has 19 nitrogen and oxygen atoms in total. The Bertz CT molecular complexity index is 3710. The minimum atomic E-state index is -2.72. The van der Waals surface area contributed by atoms with Crippen molar-refractivity contribution in [1.82, 2.24) is 59.1 Å². The second-order valence-electron chi connectivity index (χ2n) is 19.6. The van der Waals surface area contributed by atoms with Gasteiger partial charge in [0.25, 0.3) is 0 Å². The Morgan fingerprint density at radius 1 is 0.602 bits per heavy atom. The molecule has 0 bridgehead atoms. The highest BCUT2D eigenvalue weighted by Crippen LogP contribution is 2.39. The summed E-state index contributed by atoms with van der Waals surface area (Å²) in [6, 6.07) is 27.8. The predicted octanol–water partition coefficient (Wildman–Crippen LogP) is 12.8. The maximum Gasteiger partial charge on any atom is 0.333 e. The molecule has 8 heterocycles. The molecule has 0 aliphatic carbocycles. The number of halogens is 4. The topological polar surface area (TPSA) is 195 Å². The molecule has 8 aromatic heterocycles. The van der Waals surface area contributed by atoms with Crippen LogP contribution in [-0.4, -0.2) is 91.6 Å². The first-order valence-electron chi connectivity index (χ1n) is 27.0. The summed E-state index contributed by atoms with van der Waals surface area (Å²) >= 11 is 0. The van der Waals surface area contributed by atoms with Gasteiger partial charge in [0.05, 0.1) is 91.7 Å². The van der Waals surface area contributed by atoms with Crippen molar-refractivity contribution in [3.8, 4) is 45.8 Å². The van der Waals surface area contributed by atoms with Gasteiger partial charge in [0.15, 0.2) is 0 Å². The van der Waals surface area contributed by atoms with Gasteiger partial charge in [-0.2, -0.15) is 38.0 Å². The molecule has 0 amide bonds. The molecule has 0 radical (unpaired) electrons.